The van der Waals surface area contributed by atoms with E-state index in [4.69, 9.17) is 4.74 Å². The van der Waals surface area contributed by atoms with Crippen LogP contribution >= 0.6 is 0 Å². The molecule has 3 nitrogen and oxygen atoms in total. The van der Waals surface area contributed by atoms with Crippen LogP contribution in [0.5, 0.6) is 0 Å². The van der Waals surface area contributed by atoms with Gasteiger partial charge >= 0.3 is 6.18 Å². The molecule has 0 aromatic heterocycles. The molecule has 0 unspecified atom stereocenters. The van der Waals surface area contributed by atoms with Gasteiger partial charge in [0.15, 0.2) is 5.88 Å². The minimum atomic E-state index is -4.84. The van der Waals surface area contributed by atoms with E-state index in [0.717, 1.165) is 19.3 Å². The second kappa shape index (κ2) is 5.93. The molecule has 1 saturated heterocycles. The lowest BCUT2D eigenvalue weighted by atomic mass is 10.1. The number of hydrogen-bond acceptors (Lipinski definition) is 3. The normalized spacial score (nSPS) is 18.1. The molecule has 0 saturated carbocycles. The molecule has 0 spiro atoms. The van der Waals surface area contributed by atoms with Crippen LogP contribution in [0.25, 0.3) is 0 Å². The van der Waals surface area contributed by atoms with Crippen molar-refractivity contribution in [1.82, 2.24) is 4.90 Å². The smallest absolute Gasteiger partial charge is 0.454 e. The van der Waals surface area contributed by atoms with Gasteiger partial charge in [-0.25, -0.2) is 0 Å². The van der Waals surface area contributed by atoms with Crippen molar-refractivity contribution in [2.24, 2.45) is 0 Å². The minimum absolute atomic E-state index is 0.0366. The first-order valence-corrected chi connectivity index (χ1v) is 5.65. The second-order valence-electron chi connectivity index (χ2n) is 3.83. The van der Waals surface area contributed by atoms with Crippen molar-refractivity contribution in [3.05, 3.63) is 12.0 Å². The van der Waals surface area contributed by atoms with Crippen molar-refractivity contribution < 1.29 is 22.7 Å². The highest BCUT2D eigenvalue weighted by atomic mass is 19.4. The quantitative estimate of drug-likeness (QED) is 0.568. The van der Waals surface area contributed by atoms with Crippen molar-refractivity contribution in [3.63, 3.8) is 0 Å². The first-order chi connectivity index (χ1) is 7.95. The Balaban J connectivity index is 2.76. The first-order valence-electron chi connectivity index (χ1n) is 5.65. The summed E-state index contributed by atoms with van der Waals surface area (Å²) in [5.74, 6) is -1.83. The second-order valence-corrected chi connectivity index (χ2v) is 3.83. The van der Waals surface area contributed by atoms with Crippen LogP contribution in [0.3, 0.4) is 0 Å². The summed E-state index contributed by atoms with van der Waals surface area (Å²) in [4.78, 5) is 12.6. The predicted octanol–water partition coefficient (Wildman–Crippen LogP) is 2.48. The third-order valence-electron chi connectivity index (χ3n) is 2.49. The van der Waals surface area contributed by atoms with Crippen LogP contribution in [0, 0.1) is 0 Å². The number of rotatable bonds is 4. The van der Waals surface area contributed by atoms with Crippen LogP contribution in [0.1, 0.15) is 26.2 Å². The van der Waals surface area contributed by atoms with Crippen molar-refractivity contribution >= 4 is 5.78 Å². The molecule has 1 aliphatic heterocycles. The Bertz CT molecular complexity index is 294. The molecule has 1 heterocycles. The molecule has 0 bridgehead atoms. The molecule has 0 N–H and O–H groups in total. The number of piperidine rings is 1. The van der Waals surface area contributed by atoms with E-state index in [9.17, 15) is 18.0 Å². The maximum absolute atomic E-state index is 12.1. The Hall–Kier alpha value is -1.20. The number of carbonyl (C=O) groups excluding carboxylic acids is 1. The number of ketones is 1. The molecule has 0 aromatic rings. The van der Waals surface area contributed by atoms with Gasteiger partial charge in [0.1, 0.15) is 0 Å². The maximum atomic E-state index is 12.1. The van der Waals surface area contributed by atoms with Crippen molar-refractivity contribution in [2.45, 2.75) is 32.4 Å². The monoisotopic (exact) mass is 251 g/mol. The first kappa shape index (κ1) is 13.9. The fourth-order valence-electron chi connectivity index (χ4n) is 1.68. The van der Waals surface area contributed by atoms with Gasteiger partial charge in [0.2, 0.25) is 0 Å². The SMILES string of the molecule is CCOC(=CC(=O)C(F)(F)F)N1CCCCC1. The summed E-state index contributed by atoms with van der Waals surface area (Å²) in [6, 6.07) is 0. The van der Waals surface area contributed by atoms with Crippen molar-refractivity contribution in [3.8, 4) is 0 Å². The average Bonchev–Trinajstić information content (AvgIpc) is 2.28. The van der Waals surface area contributed by atoms with E-state index in [1.54, 1.807) is 11.8 Å². The highest BCUT2D eigenvalue weighted by molar-refractivity contribution is 5.94. The van der Waals surface area contributed by atoms with Crippen molar-refractivity contribution in [1.29, 1.82) is 0 Å². The Morgan fingerprint density at radius 3 is 2.35 bits per heavy atom. The fourth-order valence-corrected chi connectivity index (χ4v) is 1.68. The van der Waals surface area contributed by atoms with Gasteiger partial charge < -0.3 is 9.64 Å². The lowest BCUT2D eigenvalue weighted by Gasteiger charge is -2.30. The molecule has 0 atom stereocenters. The number of likely N-dealkylation sites (tertiary alicyclic amines) is 1. The minimum Gasteiger partial charge on any atom is -0.479 e. The standard InChI is InChI=1S/C11H16F3NO2/c1-2-17-10(8-9(16)11(12,13)14)15-6-4-3-5-7-15/h8H,2-7H2,1H3. The predicted molar refractivity (Wildman–Crippen MR) is 56.2 cm³/mol. The summed E-state index contributed by atoms with van der Waals surface area (Å²) in [7, 11) is 0. The summed E-state index contributed by atoms with van der Waals surface area (Å²) >= 11 is 0. The summed E-state index contributed by atoms with van der Waals surface area (Å²) in [5.41, 5.74) is 0. The van der Waals surface area contributed by atoms with Gasteiger partial charge in [-0.1, -0.05) is 0 Å². The number of alkyl halides is 3. The van der Waals surface area contributed by atoms with E-state index >= 15 is 0 Å². The van der Waals surface area contributed by atoms with Gasteiger partial charge in [0, 0.05) is 13.1 Å². The van der Waals surface area contributed by atoms with Gasteiger partial charge in [-0.2, -0.15) is 13.2 Å². The van der Waals surface area contributed by atoms with E-state index in [0.29, 0.717) is 19.2 Å². The molecule has 1 aliphatic rings. The zero-order valence-corrected chi connectivity index (χ0v) is 9.72. The van der Waals surface area contributed by atoms with Crippen LogP contribution in [-0.4, -0.2) is 36.6 Å². The maximum Gasteiger partial charge on any atom is 0.454 e. The van der Waals surface area contributed by atoms with Crippen LogP contribution in [0.15, 0.2) is 12.0 Å². The summed E-state index contributed by atoms with van der Waals surface area (Å²) in [6.45, 7) is 3.19. The van der Waals surface area contributed by atoms with E-state index in [-0.39, 0.29) is 12.5 Å². The average molecular weight is 251 g/mol. The van der Waals surface area contributed by atoms with Gasteiger partial charge in [-0.15, -0.1) is 0 Å². The molecule has 98 valence electrons. The number of carbonyl (C=O) groups is 1. The zero-order valence-electron chi connectivity index (χ0n) is 9.72. The molecule has 1 fully saturated rings. The van der Waals surface area contributed by atoms with E-state index in [1.165, 1.54) is 0 Å². The van der Waals surface area contributed by atoms with Gasteiger partial charge in [-0.05, 0) is 26.2 Å². The third-order valence-corrected chi connectivity index (χ3v) is 2.49. The zero-order chi connectivity index (χ0) is 12.9. The van der Waals surface area contributed by atoms with E-state index in [2.05, 4.69) is 0 Å². The van der Waals surface area contributed by atoms with Gasteiger partial charge in [0.25, 0.3) is 5.78 Å². The summed E-state index contributed by atoms with van der Waals surface area (Å²) in [6.07, 6.45) is -1.41. The highest BCUT2D eigenvalue weighted by Gasteiger charge is 2.37. The number of hydrogen-bond donors (Lipinski definition) is 0. The van der Waals surface area contributed by atoms with E-state index in [1.807, 2.05) is 0 Å². The highest BCUT2D eigenvalue weighted by Crippen LogP contribution is 2.20. The Morgan fingerprint density at radius 2 is 1.88 bits per heavy atom. The molecular formula is C11H16F3NO2. The fraction of sp³-hybridized carbons (Fsp3) is 0.727. The molecule has 0 amide bonds. The molecule has 6 heteroatoms. The number of nitrogens with zero attached hydrogens (tertiary/aromatic N) is 1. The lowest BCUT2D eigenvalue weighted by Crippen LogP contribution is -2.32. The molecule has 1 rings (SSSR count). The largest absolute Gasteiger partial charge is 0.479 e. The Morgan fingerprint density at radius 1 is 1.29 bits per heavy atom. The molecule has 17 heavy (non-hydrogen) atoms. The topological polar surface area (TPSA) is 29.5 Å². The molecular weight excluding hydrogens is 235 g/mol. The third kappa shape index (κ3) is 4.28. The Kier molecular flexibility index (Phi) is 4.84. The molecule has 0 radical (unpaired) electrons. The summed E-state index contributed by atoms with van der Waals surface area (Å²) in [5, 5.41) is 0. The number of allylic oxidation sites excluding steroid dienone is 1. The van der Waals surface area contributed by atoms with Crippen molar-refractivity contribution in [2.75, 3.05) is 19.7 Å². The Labute approximate surface area is 98.2 Å². The summed E-state index contributed by atoms with van der Waals surface area (Å²) < 4.78 is 41.6. The van der Waals surface area contributed by atoms with Crippen LogP contribution in [0.2, 0.25) is 0 Å². The van der Waals surface area contributed by atoms with Crippen LogP contribution < -0.4 is 0 Å². The van der Waals surface area contributed by atoms with Gasteiger partial charge in [-0.3, -0.25) is 4.79 Å². The number of ether oxygens (including phenoxy) is 1. The molecule has 0 aliphatic carbocycles. The number of halogens is 3. The van der Waals surface area contributed by atoms with E-state index < -0.39 is 12.0 Å². The molecule has 0 aromatic carbocycles. The van der Waals surface area contributed by atoms with Crippen LogP contribution in [0.4, 0.5) is 13.2 Å². The van der Waals surface area contributed by atoms with Gasteiger partial charge in [0.05, 0.1) is 12.7 Å². The lowest BCUT2D eigenvalue weighted by molar-refractivity contribution is -0.165. The van der Waals surface area contributed by atoms with Crippen LogP contribution in [-0.2, 0) is 9.53 Å².